The molecule has 22 heavy (non-hydrogen) atoms. The summed E-state index contributed by atoms with van der Waals surface area (Å²) in [6.07, 6.45) is 4.92. The predicted octanol–water partition coefficient (Wildman–Crippen LogP) is 2.30. The lowest BCUT2D eigenvalue weighted by Crippen LogP contribution is -2.31. The van der Waals surface area contributed by atoms with Gasteiger partial charge in [-0.1, -0.05) is 25.0 Å². The minimum Gasteiger partial charge on any atom is -0.296 e. The van der Waals surface area contributed by atoms with Crippen molar-refractivity contribution >= 4 is 10.9 Å². The van der Waals surface area contributed by atoms with Crippen molar-refractivity contribution in [1.29, 1.82) is 5.26 Å². The Bertz CT molecular complexity index is 751. The number of para-hydroxylation sites is 1. The van der Waals surface area contributed by atoms with E-state index in [1.807, 2.05) is 18.2 Å². The minimum absolute atomic E-state index is 0.0554. The lowest BCUT2D eigenvalue weighted by atomic mass is 10.2. The van der Waals surface area contributed by atoms with Crippen LogP contribution >= 0.6 is 0 Å². The molecule has 5 heteroatoms. The molecule has 114 valence electrons. The summed E-state index contributed by atoms with van der Waals surface area (Å²) < 4.78 is 1.52. The maximum Gasteiger partial charge on any atom is 0.262 e. The lowest BCUT2D eigenvalue weighted by Gasteiger charge is -2.21. The molecule has 0 spiro atoms. The first-order chi connectivity index (χ1) is 10.8. The molecule has 1 fully saturated rings. The summed E-state index contributed by atoms with van der Waals surface area (Å²) in [4.78, 5) is 19.6. The van der Waals surface area contributed by atoms with Gasteiger partial charge < -0.3 is 0 Å². The first-order valence-corrected chi connectivity index (χ1v) is 7.87. The van der Waals surface area contributed by atoms with E-state index in [1.54, 1.807) is 6.07 Å². The Balaban J connectivity index is 2.01. The number of hydrogen-bond acceptors (Lipinski definition) is 4. The molecule has 1 aromatic heterocycles. The van der Waals surface area contributed by atoms with Crippen LogP contribution < -0.4 is 5.56 Å². The van der Waals surface area contributed by atoms with Crippen LogP contribution in [0.15, 0.2) is 29.1 Å². The van der Waals surface area contributed by atoms with Gasteiger partial charge in [0.05, 0.1) is 23.5 Å². The number of likely N-dealkylation sites (tertiary alicyclic amines) is 1. The van der Waals surface area contributed by atoms with Gasteiger partial charge in [-0.2, -0.15) is 5.26 Å². The van der Waals surface area contributed by atoms with E-state index in [9.17, 15) is 4.79 Å². The van der Waals surface area contributed by atoms with E-state index in [1.165, 1.54) is 30.3 Å². The normalized spacial score (nSPS) is 16.3. The van der Waals surface area contributed by atoms with E-state index in [0.29, 0.717) is 23.3 Å². The standard InChI is InChI=1S/C17H20N4O/c18-9-12-21-16(13-20-10-5-1-2-6-11-20)19-15-8-4-3-7-14(15)17(21)22/h3-4,7-8H,1-2,5-6,10-13H2. The second kappa shape index (κ2) is 6.71. The van der Waals surface area contributed by atoms with Crippen LogP contribution in [-0.4, -0.2) is 27.5 Å². The van der Waals surface area contributed by atoms with Crippen molar-refractivity contribution in [3.05, 3.63) is 40.4 Å². The summed E-state index contributed by atoms with van der Waals surface area (Å²) in [5.41, 5.74) is 0.600. The number of nitriles is 1. The fourth-order valence-electron chi connectivity index (χ4n) is 3.06. The highest BCUT2D eigenvalue weighted by atomic mass is 16.1. The summed E-state index contributed by atoms with van der Waals surface area (Å²) in [6.45, 7) is 2.77. The molecule has 0 unspecified atom stereocenters. The Labute approximate surface area is 129 Å². The molecule has 2 aromatic rings. The molecule has 1 aromatic carbocycles. The van der Waals surface area contributed by atoms with Crippen LogP contribution in [0.3, 0.4) is 0 Å². The predicted molar refractivity (Wildman–Crippen MR) is 85.4 cm³/mol. The Morgan fingerprint density at radius 1 is 1.14 bits per heavy atom. The van der Waals surface area contributed by atoms with E-state index < -0.39 is 0 Å². The van der Waals surface area contributed by atoms with Crippen molar-refractivity contribution < 1.29 is 0 Å². The average Bonchev–Trinajstić information content (AvgIpc) is 2.80. The van der Waals surface area contributed by atoms with Gasteiger partial charge in [-0.05, 0) is 38.1 Å². The first-order valence-electron chi connectivity index (χ1n) is 7.87. The third kappa shape index (κ3) is 3.02. The van der Waals surface area contributed by atoms with E-state index in [2.05, 4.69) is 16.0 Å². The van der Waals surface area contributed by atoms with E-state index in [0.717, 1.165) is 13.1 Å². The molecule has 0 saturated carbocycles. The van der Waals surface area contributed by atoms with Gasteiger partial charge in [0.15, 0.2) is 0 Å². The highest BCUT2D eigenvalue weighted by molar-refractivity contribution is 5.77. The zero-order chi connectivity index (χ0) is 15.4. The van der Waals surface area contributed by atoms with Crippen LogP contribution in [0.4, 0.5) is 0 Å². The van der Waals surface area contributed by atoms with Gasteiger partial charge in [-0.25, -0.2) is 4.98 Å². The van der Waals surface area contributed by atoms with Crippen molar-refractivity contribution in [2.45, 2.75) is 38.8 Å². The minimum atomic E-state index is -0.114. The molecule has 0 atom stereocenters. The number of fused-ring (bicyclic) bond motifs is 1. The van der Waals surface area contributed by atoms with Gasteiger partial charge in [0.1, 0.15) is 12.4 Å². The zero-order valence-electron chi connectivity index (χ0n) is 12.7. The van der Waals surface area contributed by atoms with Crippen molar-refractivity contribution in [3.8, 4) is 6.07 Å². The van der Waals surface area contributed by atoms with Gasteiger partial charge in [0.2, 0.25) is 0 Å². The second-order valence-electron chi connectivity index (χ2n) is 5.78. The van der Waals surface area contributed by atoms with Crippen LogP contribution in [-0.2, 0) is 13.1 Å². The van der Waals surface area contributed by atoms with Gasteiger partial charge in [0.25, 0.3) is 5.56 Å². The first kappa shape index (κ1) is 14.7. The highest BCUT2D eigenvalue weighted by Crippen LogP contribution is 2.14. The van der Waals surface area contributed by atoms with Crippen molar-refractivity contribution in [1.82, 2.24) is 14.5 Å². The van der Waals surface area contributed by atoms with Crippen LogP contribution in [0.1, 0.15) is 31.5 Å². The fourth-order valence-corrected chi connectivity index (χ4v) is 3.06. The summed E-state index contributed by atoms with van der Waals surface area (Å²) in [5, 5.41) is 9.62. The molecule has 1 aliphatic rings. The third-order valence-corrected chi connectivity index (χ3v) is 4.23. The second-order valence-corrected chi connectivity index (χ2v) is 5.78. The number of rotatable bonds is 3. The van der Waals surface area contributed by atoms with E-state index >= 15 is 0 Å². The molecule has 0 radical (unpaired) electrons. The van der Waals surface area contributed by atoms with Crippen molar-refractivity contribution in [2.24, 2.45) is 0 Å². The molecule has 0 amide bonds. The van der Waals surface area contributed by atoms with Crippen LogP contribution in [0.5, 0.6) is 0 Å². The number of aromatic nitrogens is 2. The number of benzene rings is 1. The van der Waals surface area contributed by atoms with Crippen LogP contribution in [0.2, 0.25) is 0 Å². The third-order valence-electron chi connectivity index (χ3n) is 4.23. The summed E-state index contributed by atoms with van der Waals surface area (Å²) in [6, 6.07) is 9.43. The Morgan fingerprint density at radius 3 is 2.59 bits per heavy atom. The van der Waals surface area contributed by atoms with Gasteiger partial charge in [-0.15, -0.1) is 0 Å². The molecule has 0 N–H and O–H groups in total. The summed E-state index contributed by atoms with van der Waals surface area (Å²) >= 11 is 0. The molecule has 1 saturated heterocycles. The smallest absolute Gasteiger partial charge is 0.262 e. The molecular weight excluding hydrogens is 276 g/mol. The summed E-state index contributed by atoms with van der Waals surface area (Å²) in [5.74, 6) is 0.701. The van der Waals surface area contributed by atoms with E-state index in [4.69, 9.17) is 5.26 Å². The molecule has 3 rings (SSSR count). The molecule has 0 aliphatic carbocycles. The largest absolute Gasteiger partial charge is 0.296 e. The number of nitrogens with zero attached hydrogens (tertiary/aromatic N) is 4. The topological polar surface area (TPSA) is 61.9 Å². The monoisotopic (exact) mass is 296 g/mol. The average molecular weight is 296 g/mol. The number of hydrogen-bond donors (Lipinski definition) is 0. The fraction of sp³-hybridized carbons (Fsp3) is 0.471. The van der Waals surface area contributed by atoms with Crippen LogP contribution in [0.25, 0.3) is 10.9 Å². The maximum atomic E-state index is 12.6. The van der Waals surface area contributed by atoms with E-state index in [-0.39, 0.29) is 12.1 Å². The quantitative estimate of drug-likeness (QED) is 0.872. The SMILES string of the molecule is N#CCn1c(CN2CCCCCC2)nc2ccccc2c1=O. The highest BCUT2D eigenvalue weighted by Gasteiger charge is 2.15. The molecule has 5 nitrogen and oxygen atoms in total. The Kier molecular flexibility index (Phi) is 4.50. The van der Waals surface area contributed by atoms with Crippen molar-refractivity contribution in [3.63, 3.8) is 0 Å². The Morgan fingerprint density at radius 2 is 1.86 bits per heavy atom. The molecule has 1 aliphatic heterocycles. The molecule has 2 heterocycles. The van der Waals surface area contributed by atoms with Gasteiger partial charge in [0, 0.05) is 0 Å². The molecule has 0 bridgehead atoms. The molecular formula is C17H20N4O. The summed E-state index contributed by atoms with van der Waals surface area (Å²) in [7, 11) is 0. The maximum absolute atomic E-state index is 12.6. The van der Waals surface area contributed by atoms with Gasteiger partial charge >= 0.3 is 0 Å². The van der Waals surface area contributed by atoms with Gasteiger partial charge in [-0.3, -0.25) is 14.3 Å². The van der Waals surface area contributed by atoms with Crippen LogP contribution in [0, 0.1) is 11.3 Å². The zero-order valence-corrected chi connectivity index (χ0v) is 12.7. The Hall–Kier alpha value is -2.19. The van der Waals surface area contributed by atoms with Crippen molar-refractivity contribution in [2.75, 3.05) is 13.1 Å². The lowest BCUT2D eigenvalue weighted by molar-refractivity contribution is 0.265.